The Kier molecular flexibility index (Phi) is 5.40. The fourth-order valence-electron chi connectivity index (χ4n) is 2.74. The molecule has 9 heteroatoms. The van der Waals surface area contributed by atoms with Crippen LogP contribution in [-0.2, 0) is 13.2 Å². The first-order valence-electron chi connectivity index (χ1n) is 8.52. The van der Waals surface area contributed by atoms with Gasteiger partial charge in [-0.3, -0.25) is 9.48 Å². The number of carbonyl (C=O) groups is 1. The average molecular weight is 402 g/mol. The van der Waals surface area contributed by atoms with Crippen LogP contribution in [0.5, 0.6) is 5.75 Å². The van der Waals surface area contributed by atoms with Gasteiger partial charge in [0.25, 0.3) is 5.91 Å². The molecule has 6 nitrogen and oxygen atoms in total. The molecule has 0 spiro atoms. The number of hydrogen-bond donors (Lipinski definition) is 2. The fourth-order valence-corrected chi connectivity index (χ4v) is 2.74. The second-order valence-electron chi connectivity index (χ2n) is 6.25. The SMILES string of the molecule is CC(=NNC(=O)c1ccccc1)c1nn(C)c(-c2ccc(C(F)(F)F)cc2)c1O. The Morgan fingerprint density at radius 3 is 2.31 bits per heavy atom. The molecule has 0 saturated heterocycles. The van der Waals surface area contributed by atoms with E-state index in [0.29, 0.717) is 11.1 Å². The van der Waals surface area contributed by atoms with Crippen molar-refractivity contribution in [1.82, 2.24) is 15.2 Å². The van der Waals surface area contributed by atoms with Gasteiger partial charge in [-0.15, -0.1) is 0 Å². The zero-order chi connectivity index (χ0) is 21.2. The van der Waals surface area contributed by atoms with E-state index < -0.39 is 17.6 Å². The number of nitrogens with one attached hydrogen (secondary N) is 1. The summed E-state index contributed by atoms with van der Waals surface area (Å²) in [5, 5.41) is 18.7. The Morgan fingerprint density at radius 1 is 1.10 bits per heavy atom. The minimum Gasteiger partial charge on any atom is -0.504 e. The van der Waals surface area contributed by atoms with Gasteiger partial charge in [0.1, 0.15) is 5.69 Å². The van der Waals surface area contributed by atoms with Gasteiger partial charge in [0.05, 0.1) is 11.3 Å². The molecule has 150 valence electrons. The number of aryl methyl sites for hydroxylation is 1. The normalized spacial score (nSPS) is 12.1. The summed E-state index contributed by atoms with van der Waals surface area (Å²) in [5.41, 5.74) is 2.95. The van der Waals surface area contributed by atoms with E-state index in [-0.39, 0.29) is 22.8 Å². The molecule has 1 aromatic heterocycles. The number of amides is 1. The summed E-state index contributed by atoms with van der Waals surface area (Å²) < 4.78 is 39.6. The first kappa shape index (κ1) is 20.1. The van der Waals surface area contributed by atoms with Gasteiger partial charge in [-0.2, -0.15) is 23.4 Å². The van der Waals surface area contributed by atoms with E-state index in [1.54, 1.807) is 44.3 Å². The smallest absolute Gasteiger partial charge is 0.416 e. The van der Waals surface area contributed by atoms with Crippen molar-refractivity contribution in [2.45, 2.75) is 13.1 Å². The standard InChI is InChI=1S/C20H17F3N4O2/c1-12(24-25-19(29)14-6-4-3-5-7-14)16-18(28)17(27(2)26-16)13-8-10-15(11-9-13)20(21,22)23/h3-11,28H,1-2H3,(H,25,29). The molecular formula is C20H17F3N4O2. The molecule has 29 heavy (non-hydrogen) atoms. The van der Waals surface area contributed by atoms with Crippen LogP contribution in [0, 0.1) is 0 Å². The number of halogens is 3. The van der Waals surface area contributed by atoms with Gasteiger partial charge in [0, 0.05) is 18.2 Å². The molecular weight excluding hydrogens is 385 g/mol. The van der Waals surface area contributed by atoms with Gasteiger partial charge in [-0.1, -0.05) is 30.3 Å². The molecule has 3 rings (SSSR count). The summed E-state index contributed by atoms with van der Waals surface area (Å²) in [6, 6.07) is 12.8. The summed E-state index contributed by atoms with van der Waals surface area (Å²) in [4.78, 5) is 12.1. The van der Waals surface area contributed by atoms with E-state index in [9.17, 15) is 23.1 Å². The topological polar surface area (TPSA) is 79.5 Å². The van der Waals surface area contributed by atoms with E-state index in [0.717, 1.165) is 12.1 Å². The molecule has 1 heterocycles. The third kappa shape index (κ3) is 4.29. The molecule has 0 aliphatic heterocycles. The van der Waals surface area contributed by atoms with E-state index >= 15 is 0 Å². The average Bonchev–Trinajstić information content (AvgIpc) is 3.00. The highest BCUT2D eigenvalue weighted by atomic mass is 19.4. The zero-order valence-corrected chi connectivity index (χ0v) is 15.5. The maximum absolute atomic E-state index is 12.7. The first-order chi connectivity index (χ1) is 13.7. The lowest BCUT2D eigenvalue weighted by Gasteiger charge is -2.08. The molecule has 0 atom stereocenters. The van der Waals surface area contributed by atoms with Crippen LogP contribution in [0.1, 0.15) is 28.5 Å². The van der Waals surface area contributed by atoms with Crippen LogP contribution >= 0.6 is 0 Å². The maximum atomic E-state index is 12.7. The van der Waals surface area contributed by atoms with Crippen LogP contribution in [-0.4, -0.2) is 26.5 Å². The zero-order valence-electron chi connectivity index (χ0n) is 15.5. The van der Waals surface area contributed by atoms with Crippen molar-refractivity contribution < 1.29 is 23.1 Å². The number of aromatic hydroxyl groups is 1. The van der Waals surface area contributed by atoms with Crippen LogP contribution in [0.25, 0.3) is 11.3 Å². The summed E-state index contributed by atoms with van der Waals surface area (Å²) >= 11 is 0. The third-order valence-electron chi connectivity index (χ3n) is 4.21. The van der Waals surface area contributed by atoms with Crippen molar-refractivity contribution >= 4 is 11.6 Å². The lowest BCUT2D eigenvalue weighted by molar-refractivity contribution is -0.137. The fraction of sp³-hybridized carbons (Fsp3) is 0.150. The Morgan fingerprint density at radius 2 is 1.72 bits per heavy atom. The lowest BCUT2D eigenvalue weighted by atomic mass is 10.1. The quantitative estimate of drug-likeness (QED) is 0.512. The molecule has 0 bridgehead atoms. The third-order valence-corrected chi connectivity index (χ3v) is 4.21. The molecule has 2 N–H and O–H groups in total. The van der Waals surface area contributed by atoms with E-state index in [2.05, 4.69) is 15.6 Å². The number of nitrogens with zero attached hydrogens (tertiary/aromatic N) is 3. The summed E-state index contributed by atoms with van der Waals surface area (Å²) in [6.45, 7) is 1.55. The van der Waals surface area contributed by atoms with Crippen LogP contribution < -0.4 is 5.43 Å². The molecule has 0 saturated carbocycles. The minimum absolute atomic E-state index is 0.107. The highest BCUT2D eigenvalue weighted by molar-refractivity contribution is 6.02. The summed E-state index contributed by atoms with van der Waals surface area (Å²) in [6.07, 6.45) is -4.45. The first-order valence-corrected chi connectivity index (χ1v) is 8.52. The maximum Gasteiger partial charge on any atom is 0.416 e. The van der Waals surface area contributed by atoms with Gasteiger partial charge in [0.2, 0.25) is 0 Å². The van der Waals surface area contributed by atoms with E-state index in [1.165, 1.54) is 16.8 Å². The van der Waals surface area contributed by atoms with Crippen LogP contribution in [0.2, 0.25) is 0 Å². The van der Waals surface area contributed by atoms with Gasteiger partial charge >= 0.3 is 6.18 Å². The number of hydrogen-bond acceptors (Lipinski definition) is 4. The van der Waals surface area contributed by atoms with Crippen molar-refractivity contribution in [3.8, 4) is 17.0 Å². The molecule has 0 unspecified atom stereocenters. The molecule has 3 aromatic rings. The van der Waals surface area contributed by atoms with Crippen molar-refractivity contribution in [3.05, 3.63) is 71.4 Å². The van der Waals surface area contributed by atoms with E-state index in [4.69, 9.17) is 0 Å². The molecule has 1 amide bonds. The number of aromatic nitrogens is 2. The Hall–Kier alpha value is -3.62. The highest BCUT2D eigenvalue weighted by Crippen LogP contribution is 2.35. The number of carbonyl (C=O) groups excluding carboxylic acids is 1. The molecule has 0 fully saturated rings. The largest absolute Gasteiger partial charge is 0.504 e. The summed E-state index contributed by atoms with van der Waals surface area (Å²) in [7, 11) is 1.55. The molecule has 2 aromatic carbocycles. The Bertz CT molecular complexity index is 1060. The molecule has 0 aliphatic carbocycles. The van der Waals surface area contributed by atoms with Crippen molar-refractivity contribution in [2.24, 2.45) is 12.1 Å². The van der Waals surface area contributed by atoms with Crippen molar-refractivity contribution in [1.29, 1.82) is 0 Å². The van der Waals surface area contributed by atoms with Gasteiger partial charge in [-0.25, -0.2) is 5.43 Å². The Labute approximate surface area is 164 Å². The minimum atomic E-state index is -4.45. The summed E-state index contributed by atoms with van der Waals surface area (Å²) in [5.74, 6) is -0.675. The predicted molar refractivity (Wildman–Crippen MR) is 101 cm³/mol. The number of benzene rings is 2. The van der Waals surface area contributed by atoms with Crippen LogP contribution in [0.3, 0.4) is 0 Å². The second-order valence-corrected chi connectivity index (χ2v) is 6.25. The van der Waals surface area contributed by atoms with Gasteiger partial charge in [0.15, 0.2) is 11.4 Å². The monoisotopic (exact) mass is 402 g/mol. The van der Waals surface area contributed by atoms with E-state index in [1.807, 2.05) is 0 Å². The highest BCUT2D eigenvalue weighted by Gasteiger charge is 2.30. The second kappa shape index (κ2) is 7.78. The molecule has 0 radical (unpaired) electrons. The Balaban J connectivity index is 1.86. The number of hydrazone groups is 1. The van der Waals surface area contributed by atoms with Crippen molar-refractivity contribution in [3.63, 3.8) is 0 Å². The van der Waals surface area contributed by atoms with Gasteiger partial charge < -0.3 is 5.11 Å². The van der Waals surface area contributed by atoms with Crippen molar-refractivity contribution in [2.75, 3.05) is 0 Å². The van der Waals surface area contributed by atoms with Gasteiger partial charge in [-0.05, 0) is 31.2 Å². The van der Waals surface area contributed by atoms with Crippen LogP contribution in [0.4, 0.5) is 13.2 Å². The number of alkyl halides is 3. The lowest BCUT2D eigenvalue weighted by Crippen LogP contribution is -2.19. The van der Waals surface area contributed by atoms with Crippen LogP contribution in [0.15, 0.2) is 59.7 Å². The number of rotatable bonds is 4. The predicted octanol–water partition coefficient (Wildman–Crippen LogP) is 3.97. The molecule has 0 aliphatic rings.